The molecule has 71 heavy (non-hydrogen) atoms. The minimum absolute atomic E-state index is 0. The van der Waals surface area contributed by atoms with E-state index in [0.717, 1.165) is 5.56 Å². The summed E-state index contributed by atoms with van der Waals surface area (Å²) in [5, 5.41) is 0. The van der Waals surface area contributed by atoms with Gasteiger partial charge in [0.15, 0.2) is 34.2 Å². The molecule has 0 radical (unpaired) electrons. The molecule has 0 saturated carbocycles. The number of rotatable bonds is 9. The maximum atomic E-state index is 11.7. The Hall–Kier alpha value is -2.83. The van der Waals surface area contributed by atoms with Crippen LogP contribution in [-0.2, 0) is 47.6 Å². The second kappa shape index (κ2) is 25.6. The van der Waals surface area contributed by atoms with Crippen molar-refractivity contribution in [1.29, 1.82) is 0 Å². The Bertz CT molecular complexity index is 1820. The molecule has 1 aromatic carbocycles. The molecule has 5 saturated heterocycles. The molecule has 11 nitrogen and oxygen atoms in total. The van der Waals surface area contributed by atoms with Crippen LogP contribution >= 0.6 is 0 Å². The Morgan fingerprint density at radius 2 is 0.859 bits per heavy atom. The van der Waals surface area contributed by atoms with Gasteiger partial charge in [-0.25, -0.2) is 4.79 Å². The van der Waals surface area contributed by atoms with E-state index in [1.165, 1.54) is 0 Å². The van der Waals surface area contributed by atoms with Crippen LogP contribution in [0.25, 0.3) is 0 Å². The highest BCUT2D eigenvalue weighted by molar-refractivity contribution is 5.99. The van der Waals surface area contributed by atoms with Crippen molar-refractivity contribution in [2.24, 2.45) is 32.5 Å². The second-order valence-electron chi connectivity index (χ2n) is 26.2. The normalized spacial score (nSPS) is 28.4. The quantitative estimate of drug-likeness (QED) is 0.100. The van der Waals surface area contributed by atoms with Crippen LogP contribution in [0.15, 0.2) is 30.3 Å². The van der Waals surface area contributed by atoms with Crippen molar-refractivity contribution in [3.05, 3.63) is 35.9 Å². The fourth-order valence-corrected chi connectivity index (χ4v) is 6.91. The summed E-state index contributed by atoms with van der Waals surface area (Å²) in [4.78, 5) is 58.1. The molecule has 0 aliphatic carbocycles. The topological polar surface area (TPSA) is 157 Å². The zero-order chi connectivity index (χ0) is 55.8. The maximum Gasteiger partial charge on any atom is 0.340 e. The Morgan fingerprint density at radius 3 is 1.06 bits per heavy atom. The summed E-state index contributed by atoms with van der Waals surface area (Å²) in [6.45, 7) is 58.3. The Morgan fingerprint density at radius 1 is 0.535 bits per heavy atom. The predicted octanol–water partition coefficient (Wildman–Crippen LogP) is 14.3. The highest BCUT2D eigenvalue weighted by atomic mass is 16.7. The standard InChI is InChI=1S/C13H22O4.C11H14O.C10H20O.2C9H16O2.C5H10O.C2H6.CH4/c1-9-13(5,17-9)11(15)16-8-6-7-10(14)12(2,3)4;1-11(2,3)10(12)9-7-5-4-6-8-9;1-7-8(11-7)10(5,6)9(2,3)4;2*1-6-9(5,11-6)7(10)8(2,3)4;1-4-5(2,3)6-4;1-2;/h9H,6-8H2,1-5H3;4-8H,1-3H3;7-8H,1-6H3;2*6H,1-5H3;4H,1-3H3;1-2H3;1H4. The average Bonchev–Trinajstić information content (AvgIpc) is 4.14. The van der Waals surface area contributed by atoms with Crippen LogP contribution in [0.1, 0.15) is 231 Å². The first-order valence-corrected chi connectivity index (χ1v) is 25.9. The van der Waals surface area contributed by atoms with Crippen molar-refractivity contribution in [3.8, 4) is 0 Å². The van der Waals surface area contributed by atoms with Gasteiger partial charge in [-0.05, 0) is 86.5 Å². The van der Waals surface area contributed by atoms with E-state index in [0.29, 0.717) is 42.0 Å². The molecular weight excluding hydrogens is 897 g/mol. The van der Waals surface area contributed by atoms with Crippen molar-refractivity contribution >= 4 is 29.1 Å². The number of Topliss-reactive ketones (excluding diaryl/α,β-unsaturated/α-hetero) is 4. The van der Waals surface area contributed by atoms with Crippen LogP contribution in [0.5, 0.6) is 0 Å². The number of ether oxygens (including phenoxy) is 6. The molecule has 9 unspecified atom stereocenters. The van der Waals surface area contributed by atoms with E-state index in [9.17, 15) is 24.0 Å². The molecule has 0 bridgehead atoms. The van der Waals surface area contributed by atoms with Gasteiger partial charge in [-0.3, -0.25) is 19.2 Å². The predicted molar refractivity (Wildman–Crippen MR) is 291 cm³/mol. The third-order valence-corrected chi connectivity index (χ3v) is 14.2. The monoisotopic (exact) mass is 1000 g/mol. The minimum atomic E-state index is -0.756. The lowest BCUT2D eigenvalue weighted by Crippen LogP contribution is -2.35. The van der Waals surface area contributed by atoms with Crippen molar-refractivity contribution in [3.63, 3.8) is 0 Å². The third-order valence-electron chi connectivity index (χ3n) is 14.2. The van der Waals surface area contributed by atoms with Crippen molar-refractivity contribution in [2.75, 3.05) is 6.61 Å². The minimum Gasteiger partial charge on any atom is -0.463 e. The smallest absolute Gasteiger partial charge is 0.340 e. The molecule has 0 N–H and O–H groups in total. The molecule has 5 aliphatic rings. The Balaban J connectivity index is 0. The molecule has 9 atom stereocenters. The van der Waals surface area contributed by atoms with Gasteiger partial charge in [-0.1, -0.05) is 169 Å². The summed E-state index contributed by atoms with van der Waals surface area (Å²) in [5.41, 5.74) is -1.24. The largest absolute Gasteiger partial charge is 0.463 e. The lowest BCUT2D eigenvalue weighted by Gasteiger charge is -2.37. The Labute approximate surface area is 435 Å². The van der Waals surface area contributed by atoms with Crippen LogP contribution in [0.3, 0.4) is 0 Å². The number of ketones is 4. The van der Waals surface area contributed by atoms with Gasteiger partial charge in [0.25, 0.3) is 0 Å². The van der Waals surface area contributed by atoms with E-state index in [1.807, 2.05) is 162 Å². The highest BCUT2D eigenvalue weighted by Crippen LogP contribution is 2.49. The summed E-state index contributed by atoms with van der Waals surface area (Å²) in [6.07, 6.45) is 2.62. The zero-order valence-electron chi connectivity index (χ0n) is 50.0. The lowest BCUT2D eigenvalue weighted by molar-refractivity contribution is -0.149. The molecule has 5 heterocycles. The van der Waals surface area contributed by atoms with Gasteiger partial charge in [0.2, 0.25) is 0 Å². The van der Waals surface area contributed by atoms with Gasteiger partial charge < -0.3 is 28.4 Å². The number of esters is 1. The van der Waals surface area contributed by atoms with Crippen LogP contribution in [0.4, 0.5) is 0 Å². The summed E-state index contributed by atoms with van der Waals surface area (Å²) in [5.74, 6) is 0.474. The first-order valence-electron chi connectivity index (χ1n) is 25.9. The van der Waals surface area contributed by atoms with Crippen LogP contribution in [0, 0.1) is 32.5 Å². The van der Waals surface area contributed by atoms with Gasteiger partial charge in [0.05, 0.1) is 48.8 Å². The second-order valence-corrected chi connectivity index (χ2v) is 26.2. The van der Waals surface area contributed by atoms with Crippen LogP contribution in [0.2, 0.25) is 0 Å². The van der Waals surface area contributed by atoms with Crippen LogP contribution < -0.4 is 0 Å². The summed E-state index contributed by atoms with van der Waals surface area (Å²) < 4.78 is 31.3. The van der Waals surface area contributed by atoms with E-state index in [4.69, 9.17) is 28.4 Å². The Kier molecular flexibility index (Phi) is 25.3. The first-order chi connectivity index (χ1) is 31.2. The number of benzene rings is 1. The summed E-state index contributed by atoms with van der Waals surface area (Å²) >= 11 is 0. The van der Waals surface area contributed by atoms with Crippen LogP contribution in [-0.4, -0.2) is 94.7 Å². The van der Waals surface area contributed by atoms with E-state index in [-0.39, 0.29) is 88.7 Å². The van der Waals surface area contributed by atoms with E-state index in [1.54, 1.807) is 6.92 Å². The van der Waals surface area contributed by atoms with E-state index < -0.39 is 16.8 Å². The molecule has 0 spiro atoms. The average molecular weight is 1010 g/mol. The SMILES string of the molecule is C.CC.CC(C)(C)C(=O)c1ccccc1.CC1OC1(C)C.CC1OC1(C)C(=O)C(C)(C)C.CC1OC1(C)C(=O)C(C)(C)C.CC1OC1(C)C(=O)OCCCC(=O)C(C)(C)C.CC1OC1C(C)(C)C(C)(C)C. The number of carbonyl (C=O) groups is 5. The van der Waals surface area contributed by atoms with E-state index >= 15 is 0 Å². The summed E-state index contributed by atoms with van der Waals surface area (Å²) in [7, 11) is 0. The van der Waals surface area contributed by atoms with Gasteiger partial charge >= 0.3 is 5.97 Å². The molecule has 6 rings (SSSR count). The number of hydrogen-bond donors (Lipinski definition) is 0. The fraction of sp³-hybridized carbons (Fsp3) is 0.817. The maximum absolute atomic E-state index is 11.7. The summed E-state index contributed by atoms with van der Waals surface area (Å²) in [6, 6.07) is 9.40. The first kappa shape index (κ1) is 70.2. The molecular formula is C60H108O11. The molecule has 11 heteroatoms. The van der Waals surface area contributed by atoms with E-state index in [2.05, 4.69) is 62.3 Å². The van der Waals surface area contributed by atoms with Gasteiger partial charge in [0.1, 0.15) is 5.78 Å². The molecule has 414 valence electrons. The van der Waals surface area contributed by atoms with Gasteiger partial charge in [-0.2, -0.15) is 0 Å². The molecule has 5 fully saturated rings. The third kappa shape index (κ3) is 21.5. The fourth-order valence-electron chi connectivity index (χ4n) is 6.91. The van der Waals surface area contributed by atoms with Gasteiger partial charge in [-0.15, -0.1) is 0 Å². The molecule has 1 aromatic rings. The molecule has 0 aromatic heterocycles. The zero-order valence-corrected chi connectivity index (χ0v) is 50.0. The molecule has 5 aliphatic heterocycles. The van der Waals surface area contributed by atoms with Crippen molar-refractivity contribution in [1.82, 2.24) is 0 Å². The van der Waals surface area contributed by atoms with Crippen molar-refractivity contribution in [2.45, 2.75) is 280 Å². The lowest BCUT2D eigenvalue weighted by atomic mass is 9.67. The molecule has 0 amide bonds. The van der Waals surface area contributed by atoms with Crippen molar-refractivity contribution < 1.29 is 52.4 Å². The number of hydrogen-bond acceptors (Lipinski definition) is 11. The van der Waals surface area contributed by atoms with Gasteiger partial charge in [0, 0.05) is 33.6 Å². The number of carbonyl (C=O) groups excluding carboxylic acids is 5. The number of epoxide rings is 5. The highest BCUT2D eigenvalue weighted by Gasteiger charge is 2.59.